The van der Waals surface area contributed by atoms with E-state index in [9.17, 15) is 29.1 Å². The third kappa shape index (κ3) is 8.44. The maximum atomic E-state index is 12.2. The number of rotatable bonds is 11. The topological polar surface area (TPSA) is 234 Å². The van der Waals surface area contributed by atoms with Crippen LogP contribution in [-0.2, 0) is 24.0 Å². The molecule has 13 nitrogen and oxygen atoms in total. The summed E-state index contributed by atoms with van der Waals surface area (Å²) < 4.78 is 0. The molecular weight excluding hydrogens is 366 g/mol. The van der Waals surface area contributed by atoms with Gasteiger partial charge in [0.2, 0.25) is 23.6 Å². The first-order valence-electron chi connectivity index (χ1n) is 7.87. The summed E-state index contributed by atoms with van der Waals surface area (Å²) in [6.07, 6.45) is -2.10. The van der Waals surface area contributed by atoms with Crippen molar-refractivity contribution in [1.82, 2.24) is 16.0 Å². The van der Waals surface area contributed by atoms with Crippen molar-refractivity contribution in [3.63, 3.8) is 0 Å². The number of aliphatic hydroxyl groups is 2. The van der Waals surface area contributed by atoms with Gasteiger partial charge >= 0.3 is 5.97 Å². The number of hydrogen-bond acceptors (Lipinski definition) is 8. The molecule has 0 spiro atoms. The van der Waals surface area contributed by atoms with Crippen LogP contribution < -0.4 is 27.4 Å². The van der Waals surface area contributed by atoms with Gasteiger partial charge in [0.15, 0.2) is 6.04 Å². The molecule has 13 heteroatoms. The SMILES string of the molecule is CC(NC(=O)C(N)CO)C(=O)NC(CC(N)=O)C(=O)NC(C(=O)O)C(C)O. The van der Waals surface area contributed by atoms with Gasteiger partial charge in [0.1, 0.15) is 18.1 Å². The van der Waals surface area contributed by atoms with Crippen molar-refractivity contribution in [3.8, 4) is 0 Å². The quantitative estimate of drug-likeness (QED) is 0.168. The zero-order valence-corrected chi connectivity index (χ0v) is 14.8. The number of carboxylic acid groups (broad SMARTS) is 1. The van der Waals surface area contributed by atoms with Gasteiger partial charge in [-0.2, -0.15) is 0 Å². The first-order chi connectivity index (χ1) is 12.4. The second-order valence-electron chi connectivity index (χ2n) is 5.82. The van der Waals surface area contributed by atoms with Gasteiger partial charge < -0.3 is 42.7 Å². The smallest absolute Gasteiger partial charge is 0.328 e. The van der Waals surface area contributed by atoms with Gasteiger partial charge in [-0.05, 0) is 13.8 Å². The van der Waals surface area contributed by atoms with Crippen molar-refractivity contribution in [2.45, 2.75) is 50.5 Å². The van der Waals surface area contributed by atoms with E-state index in [0.717, 1.165) is 6.92 Å². The van der Waals surface area contributed by atoms with Gasteiger partial charge in [-0.15, -0.1) is 0 Å². The van der Waals surface area contributed by atoms with E-state index in [2.05, 4.69) is 10.6 Å². The Morgan fingerprint density at radius 3 is 1.93 bits per heavy atom. The minimum atomic E-state index is -1.68. The summed E-state index contributed by atoms with van der Waals surface area (Å²) in [6, 6.07) is -5.66. The van der Waals surface area contributed by atoms with Crippen molar-refractivity contribution < 1.29 is 39.3 Å². The molecule has 0 aliphatic rings. The van der Waals surface area contributed by atoms with E-state index >= 15 is 0 Å². The highest BCUT2D eigenvalue weighted by molar-refractivity contribution is 5.96. The normalized spacial score (nSPS) is 16.2. The summed E-state index contributed by atoms with van der Waals surface area (Å²) in [5.74, 6) is -5.27. The van der Waals surface area contributed by atoms with E-state index in [1.54, 1.807) is 0 Å². The lowest BCUT2D eigenvalue weighted by Crippen LogP contribution is -2.58. The molecule has 10 N–H and O–H groups in total. The average Bonchev–Trinajstić information content (AvgIpc) is 2.56. The highest BCUT2D eigenvalue weighted by Crippen LogP contribution is 1.99. The molecule has 0 aliphatic heterocycles. The first-order valence-corrected chi connectivity index (χ1v) is 7.87. The maximum absolute atomic E-state index is 12.2. The summed E-state index contributed by atoms with van der Waals surface area (Å²) in [5, 5.41) is 33.5. The molecule has 0 aromatic carbocycles. The van der Waals surface area contributed by atoms with E-state index < -0.39 is 72.9 Å². The Hall–Kier alpha value is -2.77. The highest BCUT2D eigenvalue weighted by Gasteiger charge is 2.31. The molecule has 0 aromatic heterocycles. The lowest BCUT2D eigenvalue weighted by atomic mass is 10.1. The fourth-order valence-electron chi connectivity index (χ4n) is 1.82. The monoisotopic (exact) mass is 391 g/mol. The zero-order chi connectivity index (χ0) is 21.3. The van der Waals surface area contributed by atoms with Gasteiger partial charge in [0.05, 0.1) is 19.1 Å². The molecule has 0 bridgehead atoms. The number of carbonyl (C=O) groups excluding carboxylic acids is 4. The van der Waals surface area contributed by atoms with Gasteiger partial charge in [-0.25, -0.2) is 4.79 Å². The Bertz CT molecular complexity index is 582. The van der Waals surface area contributed by atoms with Gasteiger partial charge in [-0.1, -0.05) is 0 Å². The molecule has 0 saturated carbocycles. The number of aliphatic hydroxyl groups excluding tert-OH is 2. The van der Waals surface area contributed by atoms with Crippen LogP contribution in [0.3, 0.4) is 0 Å². The Kier molecular flexibility index (Phi) is 9.92. The minimum absolute atomic E-state index is 0.650. The van der Waals surface area contributed by atoms with E-state index in [-0.39, 0.29) is 0 Å². The van der Waals surface area contributed by atoms with Gasteiger partial charge in [-0.3, -0.25) is 19.2 Å². The molecular formula is C14H25N5O8. The van der Waals surface area contributed by atoms with Gasteiger partial charge in [0, 0.05) is 0 Å². The lowest BCUT2D eigenvalue weighted by molar-refractivity contribution is -0.145. The molecule has 0 rings (SSSR count). The van der Waals surface area contributed by atoms with Crippen LogP contribution in [0.25, 0.3) is 0 Å². The van der Waals surface area contributed by atoms with E-state index in [1.807, 2.05) is 5.32 Å². The summed E-state index contributed by atoms with van der Waals surface area (Å²) >= 11 is 0. The summed E-state index contributed by atoms with van der Waals surface area (Å²) in [6.45, 7) is 1.73. The predicted octanol–water partition coefficient (Wildman–Crippen LogP) is -4.88. The van der Waals surface area contributed by atoms with Crippen LogP contribution in [0.1, 0.15) is 20.3 Å². The summed E-state index contributed by atoms with van der Waals surface area (Å²) in [4.78, 5) is 58.0. The van der Waals surface area contributed by atoms with E-state index in [4.69, 9.17) is 21.7 Å². The minimum Gasteiger partial charge on any atom is -0.480 e. The number of hydrogen-bond donors (Lipinski definition) is 8. The molecule has 0 heterocycles. The maximum Gasteiger partial charge on any atom is 0.328 e. The standard InChI is InChI=1S/C14H25N5O8/c1-5(17-12(24)7(15)4-20)11(23)18-8(3-9(16)22)13(25)19-10(6(2)21)14(26)27/h5-8,10,20-21H,3-4,15H2,1-2H3,(H2,16,22)(H,17,24)(H,18,23)(H,19,25)(H,26,27). The Labute approximate surface area is 154 Å². The second kappa shape index (κ2) is 11.1. The van der Waals surface area contributed by atoms with Crippen molar-refractivity contribution in [2.75, 3.05) is 6.61 Å². The Morgan fingerprint density at radius 1 is 0.963 bits per heavy atom. The van der Waals surface area contributed by atoms with Crippen LogP contribution in [0.4, 0.5) is 0 Å². The fraction of sp³-hybridized carbons (Fsp3) is 0.643. The third-order valence-corrected chi connectivity index (χ3v) is 3.37. The van der Waals surface area contributed by atoms with Crippen LogP contribution in [0.5, 0.6) is 0 Å². The number of amides is 4. The molecule has 0 aliphatic carbocycles. The van der Waals surface area contributed by atoms with Gasteiger partial charge in [0.25, 0.3) is 0 Å². The Balaban J connectivity index is 5.11. The Morgan fingerprint density at radius 2 is 1.52 bits per heavy atom. The first kappa shape index (κ1) is 24.2. The van der Waals surface area contributed by atoms with Crippen molar-refractivity contribution in [1.29, 1.82) is 0 Å². The van der Waals surface area contributed by atoms with E-state index in [1.165, 1.54) is 6.92 Å². The number of nitrogens with one attached hydrogen (secondary N) is 3. The van der Waals surface area contributed by atoms with Crippen molar-refractivity contribution in [2.24, 2.45) is 11.5 Å². The van der Waals surface area contributed by atoms with E-state index in [0.29, 0.717) is 0 Å². The summed E-state index contributed by atoms with van der Waals surface area (Å²) in [5.41, 5.74) is 10.3. The molecule has 27 heavy (non-hydrogen) atoms. The number of aliphatic carboxylic acids is 1. The molecule has 0 saturated heterocycles. The highest BCUT2D eigenvalue weighted by atomic mass is 16.4. The number of nitrogens with two attached hydrogens (primary N) is 2. The number of carboxylic acids is 1. The molecule has 4 amide bonds. The third-order valence-electron chi connectivity index (χ3n) is 3.37. The molecule has 5 atom stereocenters. The van der Waals surface area contributed by atoms with Crippen molar-refractivity contribution >= 4 is 29.6 Å². The molecule has 154 valence electrons. The molecule has 5 unspecified atom stereocenters. The van der Waals surface area contributed by atoms with Crippen LogP contribution in [0.2, 0.25) is 0 Å². The van der Waals surface area contributed by atoms with Crippen LogP contribution >= 0.6 is 0 Å². The molecule has 0 aromatic rings. The fourth-order valence-corrected chi connectivity index (χ4v) is 1.82. The molecule has 0 fully saturated rings. The summed E-state index contributed by atoms with van der Waals surface area (Å²) in [7, 11) is 0. The van der Waals surface area contributed by atoms with Crippen LogP contribution in [0.15, 0.2) is 0 Å². The number of carbonyl (C=O) groups is 5. The zero-order valence-electron chi connectivity index (χ0n) is 14.8. The van der Waals surface area contributed by atoms with Crippen LogP contribution in [0, 0.1) is 0 Å². The lowest BCUT2D eigenvalue weighted by Gasteiger charge is -2.23. The number of primary amides is 1. The average molecular weight is 391 g/mol. The predicted molar refractivity (Wildman–Crippen MR) is 89.7 cm³/mol. The van der Waals surface area contributed by atoms with Crippen molar-refractivity contribution in [3.05, 3.63) is 0 Å². The van der Waals surface area contributed by atoms with Crippen LogP contribution in [-0.4, -0.2) is 81.8 Å². The largest absolute Gasteiger partial charge is 0.480 e. The molecule has 0 radical (unpaired) electrons. The second-order valence-corrected chi connectivity index (χ2v) is 5.82.